The molecule has 0 radical (unpaired) electrons. The van der Waals surface area contributed by atoms with Gasteiger partial charge in [-0.15, -0.1) is 0 Å². The molecule has 1 aromatic rings. The van der Waals surface area contributed by atoms with E-state index in [1.54, 1.807) is 13.0 Å². The number of esters is 2. The highest BCUT2D eigenvalue weighted by Gasteiger charge is 2.25. The molecule has 0 fully saturated rings. The van der Waals surface area contributed by atoms with Gasteiger partial charge in [-0.2, -0.15) is 0 Å². The van der Waals surface area contributed by atoms with Gasteiger partial charge in [0.15, 0.2) is 0 Å². The Labute approximate surface area is 133 Å². The number of rotatable bonds is 7. The van der Waals surface area contributed by atoms with E-state index in [1.165, 1.54) is 26.0 Å². The van der Waals surface area contributed by atoms with Crippen LogP contribution in [0.3, 0.4) is 0 Å². The van der Waals surface area contributed by atoms with Gasteiger partial charge in [0.1, 0.15) is 30.2 Å². The lowest BCUT2D eigenvalue weighted by Gasteiger charge is -2.19. The van der Waals surface area contributed by atoms with E-state index in [0.29, 0.717) is 0 Å². The second-order valence-corrected chi connectivity index (χ2v) is 5.13. The average molecular weight is 322 g/mol. The lowest BCUT2D eigenvalue weighted by Crippen LogP contribution is -2.20. The van der Waals surface area contributed by atoms with Crippen molar-refractivity contribution < 1.29 is 33.8 Å². The average Bonchev–Trinajstić information content (AvgIpc) is 2.38. The predicted molar refractivity (Wildman–Crippen MR) is 78.4 cm³/mol. The smallest absolute Gasteiger partial charge is 0.316 e. The van der Waals surface area contributed by atoms with E-state index in [4.69, 9.17) is 9.47 Å². The molecule has 0 saturated heterocycles. The molecule has 0 aliphatic carbocycles. The minimum absolute atomic E-state index is 0.0544. The van der Waals surface area contributed by atoms with Crippen molar-refractivity contribution in [3.05, 3.63) is 29.3 Å². The molecule has 1 rings (SSSR count). The largest absolute Gasteiger partial charge is 0.507 e. The zero-order chi connectivity index (χ0) is 17.6. The molecule has 1 N–H and O–H groups in total. The number of carbonyl (C=O) groups excluding carboxylic acids is 4. The van der Waals surface area contributed by atoms with Crippen LogP contribution in [0, 0.1) is 6.92 Å². The molecule has 0 unspecified atom stereocenters. The summed E-state index contributed by atoms with van der Waals surface area (Å²) in [4.78, 5) is 45.2. The first-order valence-electron chi connectivity index (χ1n) is 6.86. The van der Waals surface area contributed by atoms with E-state index in [9.17, 15) is 24.3 Å². The van der Waals surface area contributed by atoms with Gasteiger partial charge in [-0.1, -0.05) is 11.6 Å². The molecule has 7 nitrogen and oxygen atoms in total. The van der Waals surface area contributed by atoms with Crippen LogP contribution in [-0.4, -0.2) is 28.6 Å². The van der Waals surface area contributed by atoms with E-state index in [2.05, 4.69) is 0 Å². The number of phenolic OH excluding ortho intramolecular Hbond substituents is 1. The molecular formula is C16H18O7. The molecule has 0 atom stereocenters. The second-order valence-electron chi connectivity index (χ2n) is 5.13. The molecule has 0 aliphatic rings. The fourth-order valence-electron chi connectivity index (χ4n) is 1.74. The van der Waals surface area contributed by atoms with E-state index < -0.39 is 42.6 Å². The molecule has 0 bridgehead atoms. The number of aryl methyl sites for hydroxylation is 1. The third-order valence-electron chi connectivity index (χ3n) is 2.70. The number of carbonyl (C=O) groups is 4. The maximum absolute atomic E-state index is 11.7. The second kappa shape index (κ2) is 8.07. The number of hydrogen-bond acceptors (Lipinski definition) is 7. The van der Waals surface area contributed by atoms with Crippen molar-refractivity contribution in [1.29, 1.82) is 0 Å². The standard InChI is InChI=1S/C16H18O7/c1-9-4-5-13(19)12(6-9)16(22-14(20)7-10(2)17)23-15(21)8-11(3)18/h4-6,16,19H,7-8H2,1-3H3. The zero-order valence-electron chi connectivity index (χ0n) is 13.1. The van der Waals surface area contributed by atoms with Gasteiger partial charge in [0.05, 0.1) is 5.56 Å². The van der Waals surface area contributed by atoms with E-state index in [-0.39, 0.29) is 11.3 Å². The molecule has 0 amide bonds. The van der Waals surface area contributed by atoms with Crippen molar-refractivity contribution in [1.82, 2.24) is 0 Å². The topological polar surface area (TPSA) is 107 Å². The van der Waals surface area contributed by atoms with E-state index in [1.807, 2.05) is 0 Å². The molecule has 0 spiro atoms. The first-order valence-corrected chi connectivity index (χ1v) is 6.86. The van der Waals surface area contributed by atoms with Crippen LogP contribution in [0.15, 0.2) is 18.2 Å². The number of Topliss-reactive ketones (excluding diaryl/α,β-unsaturated/α-hetero) is 2. The summed E-state index contributed by atoms with van der Waals surface area (Å²) in [6, 6.07) is 4.45. The summed E-state index contributed by atoms with van der Waals surface area (Å²) in [5.41, 5.74) is 0.784. The third kappa shape index (κ3) is 6.29. The third-order valence-corrected chi connectivity index (χ3v) is 2.70. The molecule has 0 aromatic heterocycles. The Kier molecular flexibility index (Phi) is 6.44. The predicted octanol–water partition coefficient (Wildman–Crippen LogP) is 1.74. The lowest BCUT2D eigenvalue weighted by molar-refractivity contribution is -0.189. The SMILES string of the molecule is CC(=O)CC(=O)OC(OC(=O)CC(C)=O)c1cc(C)ccc1O. The minimum Gasteiger partial charge on any atom is -0.507 e. The number of ether oxygens (including phenoxy) is 2. The maximum atomic E-state index is 11.7. The highest BCUT2D eigenvalue weighted by Crippen LogP contribution is 2.29. The molecular weight excluding hydrogens is 304 g/mol. The Balaban J connectivity index is 3.02. The molecule has 124 valence electrons. The Morgan fingerprint density at radius 2 is 1.48 bits per heavy atom. The van der Waals surface area contributed by atoms with Crippen LogP contribution in [0.1, 0.15) is 44.1 Å². The van der Waals surface area contributed by atoms with Gasteiger partial charge >= 0.3 is 11.9 Å². The van der Waals surface area contributed by atoms with Crippen LogP contribution < -0.4 is 0 Å². The Morgan fingerprint density at radius 1 is 1.00 bits per heavy atom. The zero-order valence-corrected chi connectivity index (χ0v) is 13.1. The van der Waals surface area contributed by atoms with Crippen molar-refractivity contribution in [2.75, 3.05) is 0 Å². The first-order chi connectivity index (χ1) is 10.7. The van der Waals surface area contributed by atoms with Crippen LogP contribution >= 0.6 is 0 Å². The molecule has 23 heavy (non-hydrogen) atoms. The van der Waals surface area contributed by atoms with Crippen LogP contribution in [0.4, 0.5) is 0 Å². The summed E-state index contributed by atoms with van der Waals surface area (Å²) in [5.74, 6) is -2.89. The highest BCUT2D eigenvalue weighted by atomic mass is 16.7. The highest BCUT2D eigenvalue weighted by molar-refractivity contribution is 5.95. The maximum Gasteiger partial charge on any atom is 0.316 e. The fraction of sp³-hybridized carbons (Fsp3) is 0.375. The van der Waals surface area contributed by atoms with Gasteiger partial charge in [-0.3, -0.25) is 19.2 Å². The van der Waals surface area contributed by atoms with Crippen molar-refractivity contribution in [3.8, 4) is 5.75 Å². The molecule has 0 saturated carbocycles. The summed E-state index contributed by atoms with van der Waals surface area (Å²) in [6.45, 7) is 4.15. The number of hydrogen-bond donors (Lipinski definition) is 1. The molecule has 7 heteroatoms. The first kappa shape index (κ1) is 18.3. The van der Waals surface area contributed by atoms with E-state index >= 15 is 0 Å². The van der Waals surface area contributed by atoms with Gasteiger partial charge in [0.25, 0.3) is 6.29 Å². The van der Waals surface area contributed by atoms with Crippen LogP contribution in [0.2, 0.25) is 0 Å². The quantitative estimate of drug-likeness (QED) is 0.463. The van der Waals surface area contributed by atoms with Crippen LogP contribution in [-0.2, 0) is 28.7 Å². The number of phenols is 1. The summed E-state index contributed by atoms with van der Waals surface area (Å²) in [6.07, 6.45) is -2.52. The number of aromatic hydroxyl groups is 1. The van der Waals surface area contributed by atoms with Gasteiger partial charge < -0.3 is 14.6 Å². The summed E-state index contributed by atoms with van der Waals surface area (Å²) in [7, 11) is 0. The van der Waals surface area contributed by atoms with E-state index in [0.717, 1.165) is 5.56 Å². The summed E-state index contributed by atoms with van der Waals surface area (Å²) < 4.78 is 9.92. The molecule has 0 heterocycles. The summed E-state index contributed by atoms with van der Waals surface area (Å²) in [5, 5.41) is 9.88. The molecule has 0 aliphatic heterocycles. The Hall–Kier alpha value is -2.70. The van der Waals surface area contributed by atoms with Gasteiger partial charge in [-0.25, -0.2) is 0 Å². The number of ketones is 2. The summed E-state index contributed by atoms with van der Waals surface area (Å²) >= 11 is 0. The minimum atomic E-state index is -1.53. The van der Waals surface area contributed by atoms with Crippen molar-refractivity contribution >= 4 is 23.5 Å². The normalized spacial score (nSPS) is 10.3. The van der Waals surface area contributed by atoms with Gasteiger partial charge in [0.2, 0.25) is 0 Å². The molecule has 1 aromatic carbocycles. The fourth-order valence-corrected chi connectivity index (χ4v) is 1.74. The van der Waals surface area contributed by atoms with Crippen molar-refractivity contribution in [2.24, 2.45) is 0 Å². The van der Waals surface area contributed by atoms with Gasteiger partial charge in [-0.05, 0) is 32.9 Å². The Morgan fingerprint density at radius 3 is 1.91 bits per heavy atom. The monoisotopic (exact) mass is 322 g/mol. The van der Waals surface area contributed by atoms with Crippen LogP contribution in [0.25, 0.3) is 0 Å². The number of benzene rings is 1. The van der Waals surface area contributed by atoms with Gasteiger partial charge in [0, 0.05) is 0 Å². The van der Waals surface area contributed by atoms with Crippen LogP contribution in [0.5, 0.6) is 5.75 Å². The van der Waals surface area contributed by atoms with Crippen molar-refractivity contribution in [3.63, 3.8) is 0 Å². The Bertz CT molecular complexity index is 603. The van der Waals surface area contributed by atoms with Crippen molar-refractivity contribution in [2.45, 2.75) is 39.9 Å². The lowest BCUT2D eigenvalue weighted by atomic mass is 10.1.